The van der Waals surface area contributed by atoms with E-state index in [1.54, 1.807) is 24.3 Å². The summed E-state index contributed by atoms with van der Waals surface area (Å²) in [6, 6.07) is 7.85. The van der Waals surface area contributed by atoms with Crippen molar-refractivity contribution in [1.29, 1.82) is 0 Å². The Morgan fingerprint density at radius 3 is 2.14 bits per heavy atom. The van der Waals surface area contributed by atoms with E-state index in [1.165, 1.54) is 27.4 Å². The Morgan fingerprint density at radius 1 is 1.00 bits per heavy atom. The van der Waals surface area contributed by atoms with E-state index in [0.29, 0.717) is 39.8 Å². The Balaban J connectivity index is 2.32. The van der Waals surface area contributed by atoms with E-state index in [1.807, 2.05) is 0 Å². The normalized spacial score (nSPS) is 10.2. The lowest BCUT2D eigenvalue weighted by atomic mass is 10.1. The molecule has 0 unspecified atom stereocenters. The van der Waals surface area contributed by atoms with Crippen LogP contribution in [0.2, 0.25) is 0 Å². The summed E-state index contributed by atoms with van der Waals surface area (Å²) in [6.07, 6.45) is 0. The molecule has 2 rings (SSSR count). The van der Waals surface area contributed by atoms with Gasteiger partial charge >= 0.3 is 0 Å². The van der Waals surface area contributed by atoms with Crippen LogP contribution < -0.4 is 24.8 Å². The third-order valence-corrected chi connectivity index (χ3v) is 4.37. The first-order chi connectivity index (χ1) is 13.5. The van der Waals surface area contributed by atoms with Crippen molar-refractivity contribution in [3.8, 4) is 17.2 Å². The summed E-state index contributed by atoms with van der Waals surface area (Å²) in [6.45, 7) is -0.271. The number of ether oxygens (including phenoxy) is 3. The van der Waals surface area contributed by atoms with Crippen molar-refractivity contribution in [3.05, 3.63) is 41.5 Å². The lowest BCUT2D eigenvalue weighted by Crippen LogP contribution is -2.16. The Labute approximate surface area is 170 Å². The molecular weight excluding hydrogens is 432 g/mol. The van der Waals surface area contributed by atoms with Crippen molar-refractivity contribution in [1.82, 2.24) is 0 Å². The van der Waals surface area contributed by atoms with Gasteiger partial charge in [-0.15, -0.1) is 0 Å². The third-order valence-electron chi connectivity index (χ3n) is 3.86. The lowest BCUT2D eigenvalue weighted by Gasteiger charge is -2.15. The molecule has 0 radical (unpaired) electrons. The Hall–Kier alpha value is -2.78. The Morgan fingerprint density at radius 2 is 1.64 bits per heavy atom. The van der Waals surface area contributed by atoms with Crippen LogP contribution in [0.15, 0.2) is 30.3 Å². The molecule has 0 aromatic heterocycles. The SMILES string of the molecule is COc1cc(NC(=O)c2ccc(CO)c(NC(=O)CBr)c2)cc(OC)c1OC. The molecule has 0 aliphatic rings. The molecule has 0 aliphatic carbocycles. The summed E-state index contributed by atoms with van der Waals surface area (Å²) in [5.41, 5.74) is 1.61. The number of aliphatic hydroxyl groups excluding tert-OH is 1. The maximum absolute atomic E-state index is 12.7. The first kappa shape index (κ1) is 21.5. The smallest absolute Gasteiger partial charge is 0.255 e. The first-order valence-electron chi connectivity index (χ1n) is 8.18. The standard InChI is InChI=1S/C19H21BrN2O6/c1-26-15-7-13(8-16(27-2)18(15)28-3)21-19(25)11-4-5-12(10-23)14(6-11)22-17(24)9-20/h4-8,23H,9-10H2,1-3H3,(H,21,25)(H,22,24). The molecule has 2 aromatic rings. The van der Waals surface area contributed by atoms with Gasteiger partial charge in [-0.05, 0) is 12.1 Å². The molecular formula is C19H21BrN2O6. The van der Waals surface area contributed by atoms with E-state index in [2.05, 4.69) is 26.6 Å². The van der Waals surface area contributed by atoms with Gasteiger partial charge in [-0.3, -0.25) is 9.59 Å². The number of nitrogens with one attached hydrogen (secondary N) is 2. The van der Waals surface area contributed by atoms with Crippen LogP contribution in [0.5, 0.6) is 17.2 Å². The van der Waals surface area contributed by atoms with Crippen molar-refractivity contribution in [2.24, 2.45) is 0 Å². The fraction of sp³-hybridized carbons (Fsp3) is 0.263. The van der Waals surface area contributed by atoms with Gasteiger partial charge in [0.2, 0.25) is 11.7 Å². The summed E-state index contributed by atoms with van der Waals surface area (Å²) in [5, 5.41) is 14.9. The van der Waals surface area contributed by atoms with Gasteiger partial charge in [-0.1, -0.05) is 22.0 Å². The van der Waals surface area contributed by atoms with Crippen LogP contribution in [0.4, 0.5) is 11.4 Å². The zero-order valence-corrected chi connectivity index (χ0v) is 17.3. The van der Waals surface area contributed by atoms with Gasteiger partial charge in [-0.2, -0.15) is 0 Å². The monoisotopic (exact) mass is 452 g/mol. The molecule has 2 aromatic carbocycles. The minimum atomic E-state index is -0.409. The number of rotatable bonds is 8. The largest absolute Gasteiger partial charge is 0.493 e. The molecule has 9 heteroatoms. The molecule has 0 saturated carbocycles. The number of benzene rings is 2. The number of carbonyl (C=O) groups is 2. The maximum atomic E-state index is 12.7. The van der Waals surface area contributed by atoms with Crippen LogP contribution in [0.3, 0.4) is 0 Å². The van der Waals surface area contributed by atoms with Crippen LogP contribution in [0.25, 0.3) is 0 Å². The van der Waals surface area contributed by atoms with Crippen LogP contribution >= 0.6 is 15.9 Å². The van der Waals surface area contributed by atoms with Gasteiger partial charge in [0.05, 0.1) is 33.3 Å². The van der Waals surface area contributed by atoms with Crippen molar-refractivity contribution < 1.29 is 28.9 Å². The molecule has 28 heavy (non-hydrogen) atoms. The van der Waals surface area contributed by atoms with Gasteiger partial charge in [0.15, 0.2) is 11.5 Å². The van der Waals surface area contributed by atoms with E-state index >= 15 is 0 Å². The predicted octanol–water partition coefficient (Wildman–Crippen LogP) is 2.79. The predicted molar refractivity (Wildman–Crippen MR) is 109 cm³/mol. The van der Waals surface area contributed by atoms with Crippen molar-refractivity contribution in [2.75, 3.05) is 37.3 Å². The van der Waals surface area contributed by atoms with E-state index in [4.69, 9.17) is 14.2 Å². The lowest BCUT2D eigenvalue weighted by molar-refractivity contribution is -0.113. The molecule has 3 N–H and O–H groups in total. The summed E-state index contributed by atoms with van der Waals surface area (Å²) in [5.74, 6) is 0.510. The molecule has 0 atom stereocenters. The van der Waals surface area contributed by atoms with Crippen molar-refractivity contribution in [3.63, 3.8) is 0 Å². The van der Waals surface area contributed by atoms with E-state index in [-0.39, 0.29) is 17.8 Å². The molecule has 0 spiro atoms. The number of aliphatic hydroxyl groups is 1. The molecule has 2 amide bonds. The quantitative estimate of drug-likeness (QED) is 0.531. The second-order valence-corrected chi connectivity index (χ2v) is 6.14. The number of hydrogen-bond acceptors (Lipinski definition) is 6. The fourth-order valence-electron chi connectivity index (χ4n) is 2.51. The number of hydrogen-bond donors (Lipinski definition) is 3. The summed E-state index contributed by atoms with van der Waals surface area (Å²) < 4.78 is 15.8. The number of alkyl halides is 1. The van der Waals surface area contributed by atoms with Gasteiger partial charge in [0.1, 0.15) is 0 Å². The van der Waals surface area contributed by atoms with E-state index in [9.17, 15) is 14.7 Å². The third kappa shape index (κ3) is 4.93. The minimum absolute atomic E-state index is 0.0970. The highest BCUT2D eigenvalue weighted by Crippen LogP contribution is 2.40. The number of carbonyl (C=O) groups excluding carboxylic acids is 2. The fourth-order valence-corrected chi connectivity index (χ4v) is 2.65. The molecule has 8 nitrogen and oxygen atoms in total. The van der Waals surface area contributed by atoms with Gasteiger partial charge < -0.3 is 30.0 Å². The topological polar surface area (TPSA) is 106 Å². The van der Waals surface area contributed by atoms with E-state index < -0.39 is 5.91 Å². The molecule has 0 fully saturated rings. The minimum Gasteiger partial charge on any atom is -0.493 e. The van der Waals surface area contributed by atoms with Gasteiger partial charge in [0.25, 0.3) is 5.91 Å². The summed E-state index contributed by atoms with van der Waals surface area (Å²) in [7, 11) is 4.45. The molecule has 150 valence electrons. The zero-order chi connectivity index (χ0) is 20.7. The Kier molecular flexibility index (Phi) is 7.65. The van der Waals surface area contributed by atoms with Gasteiger partial charge in [0, 0.05) is 34.6 Å². The maximum Gasteiger partial charge on any atom is 0.255 e. The highest BCUT2D eigenvalue weighted by Gasteiger charge is 2.16. The highest BCUT2D eigenvalue weighted by atomic mass is 79.9. The second-order valence-electron chi connectivity index (χ2n) is 5.58. The van der Waals surface area contributed by atoms with Crippen LogP contribution in [0.1, 0.15) is 15.9 Å². The number of anilines is 2. The highest BCUT2D eigenvalue weighted by molar-refractivity contribution is 9.09. The number of methoxy groups -OCH3 is 3. The van der Waals surface area contributed by atoms with Gasteiger partial charge in [-0.25, -0.2) is 0 Å². The summed E-state index contributed by atoms with van der Waals surface area (Å²) in [4.78, 5) is 24.3. The Bertz CT molecular complexity index is 846. The number of amides is 2. The second kappa shape index (κ2) is 9.95. The average molecular weight is 453 g/mol. The van der Waals surface area contributed by atoms with Crippen LogP contribution in [-0.2, 0) is 11.4 Å². The van der Waals surface area contributed by atoms with Crippen molar-refractivity contribution >= 4 is 39.1 Å². The molecule has 0 saturated heterocycles. The molecule has 0 heterocycles. The number of halogens is 1. The van der Waals surface area contributed by atoms with Crippen LogP contribution in [-0.4, -0.2) is 43.6 Å². The van der Waals surface area contributed by atoms with E-state index in [0.717, 1.165) is 0 Å². The average Bonchev–Trinajstić information content (AvgIpc) is 2.72. The molecule has 0 bridgehead atoms. The molecule has 0 aliphatic heterocycles. The zero-order valence-electron chi connectivity index (χ0n) is 15.7. The van der Waals surface area contributed by atoms with Crippen molar-refractivity contribution in [2.45, 2.75) is 6.61 Å². The summed E-state index contributed by atoms with van der Waals surface area (Å²) >= 11 is 3.06. The van der Waals surface area contributed by atoms with Crippen LogP contribution in [0, 0.1) is 0 Å². The first-order valence-corrected chi connectivity index (χ1v) is 9.30.